The van der Waals surface area contributed by atoms with Crippen molar-refractivity contribution in [2.24, 2.45) is 5.92 Å². The third kappa shape index (κ3) is 4.07. The molecule has 5 nitrogen and oxygen atoms in total. The van der Waals surface area contributed by atoms with Gasteiger partial charge in [-0.2, -0.15) is 13.2 Å². The molecule has 170 valence electrons. The Balaban J connectivity index is 2.28. The number of phenols is 1. The van der Waals surface area contributed by atoms with Gasteiger partial charge in [-0.1, -0.05) is 31.9 Å². The maximum Gasteiger partial charge on any atom is 0.416 e. The van der Waals surface area contributed by atoms with E-state index in [2.05, 4.69) is 0 Å². The Labute approximate surface area is 187 Å². The van der Waals surface area contributed by atoms with E-state index in [0.29, 0.717) is 23.1 Å². The molecule has 1 unspecified atom stereocenters. The van der Waals surface area contributed by atoms with Crippen molar-refractivity contribution in [2.45, 2.75) is 39.3 Å². The normalized spacial score (nSPS) is 13.8. The van der Waals surface area contributed by atoms with Crippen LogP contribution in [0.3, 0.4) is 0 Å². The molecule has 2 aromatic carbocycles. The Morgan fingerprint density at radius 2 is 1.75 bits per heavy atom. The summed E-state index contributed by atoms with van der Waals surface area (Å²) in [5.74, 6) is -3.25. The van der Waals surface area contributed by atoms with Crippen LogP contribution in [0, 0.1) is 12.8 Å². The van der Waals surface area contributed by atoms with E-state index in [9.17, 15) is 33.0 Å². The summed E-state index contributed by atoms with van der Waals surface area (Å²) in [6.07, 6.45) is -3.99. The van der Waals surface area contributed by atoms with Crippen molar-refractivity contribution in [3.63, 3.8) is 0 Å². The van der Waals surface area contributed by atoms with E-state index in [1.54, 1.807) is 13.8 Å². The number of aromatic hydroxyl groups is 1. The number of carbonyl (C=O) groups excluding carboxylic acids is 1. The van der Waals surface area contributed by atoms with E-state index in [4.69, 9.17) is 11.6 Å². The minimum absolute atomic E-state index is 0.0100. The molecule has 32 heavy (non-hydrogen) atoms. The highest BCUT2D eigenvalue weighted by Gasteiger charge is 2.34. The minimum atomic E-state index is -4.54. The molecule has 2 N–H and O–H groups in total. The van der Waals surface area contributed by atoms with Crippen molar-refractivity contribution in [1.29, 1.82) is 0 Å². The molecule has 0 amide bonds. The second kappa shape index (κ2) is 8.50. The maximum absolute atomic E-state index is 13.3. The molecule has 0 saturated heterocycles. The summed E-state index contributed by atoms with van der Waals surface area (Å²) in [7, 11) is 0. The predicted molar refractivity (Wildman–Crippen MR) is 114 cm³/mol. The number of carboxylic acid groups (broad SMARTS) is 1. The molecule has 9 heteroatoms. The van der Waals surface area contributed by atoms with Gasteiger partial charge in [-0.05, 0) is 54.8 Å². The number of aliphatic carboxylic acids is 1. The highest BCUT2D eigenvalue weighted by atomic mass is 35.5. The number of fused-ring (bicyclic) bond motifs is 1. The van der Waals surface area contributed by atoms with Crippen LogP contribution >= 0.6 is 11.6 Å². The zero-order valence-corrected chi connectivity index (χ0v) is 18.3. The van der Waals surface area contributed by atoms with Gasteiger partial charge in [0.25, 0.3) is 5.91 Å². The molecule has 0 aliphatic rings. The van der Waals surface area contributed by atoms with Crippen LogP contribution in [0.1, 0.15) is 53.4 Å². The first-order valence-corrected chi connectivity index (χ1v) is 10.2. The summed E-state index contributed by atoms with van der Waals surface area (Å²) < 4.78 is 39.9. The maximum atomic E-state index is 13.3. The van der Waals surface area contributed by atoms with Crippen LogP contribution in [-0.2, 0) is 11.0 Å². The second-order valence-corrected chi connectivity index (χ2v) is 8.14. The van der Waals surface area contributed by atoms with Crippen LogP contribution in [0.4, 0.5) is 13.2 Å². The summed E-state index contributed by atoms with van der Waals surface area (Å²) in [6.45, 7) is 5.19. The van der Waals surface area contributed by atoms with E-state index in [1.165, 1.54) is 16.7 Å². The smallest absolute Gasteiger partial charge is 0.416 e. The fraction of sp³-hybridized carbons (Fsp3) is 0.304. The quantitative estimate of drug-likeness (QED) is 0.466. The molecule has 1 heterocycles. The number of hydrogen-bond acceptors (Lipinski definition) is 3. The van der Waals surface area contributed by atoms with E-state index in [0.717, 1.165) is 24.3 Å². The van der Waals surface area contributed by atoms with Crippen molar-refractivity contribution in [1.82, 2.24) is 4.57 Å². The van der Waals surface area contributed by atoms with Gasteiger partial charge in [0.2, 0.25) is 0 Å². The Kier molecular flexibility index (Phi) is 6.29. The Hall–Kier alpha value is -3.00. The number of carboxylic acids is 1. The lowest BCUT2D eigenvalue weighted by Crippen LogP contribution is -2.21. The van der Waals surface area contributed by atoms with Crippen molar-refractivity contribution in [3.05, 3.63) is 63.8 Å². The number of hydrogen-bond donors (Lipinski definition) is 2. The molecule has 0 spiro atoms. The molecule has 0 aliphatic heterocycles. The van der Waals surface area contributed by atoms with Gasteiger partial charge < -0.3 is 10.2 Å². The predicted octanol–water partition coefficient (Wildman–Crippen LogP) is 6.23. The van der Waals surface area contributed by atoms with Gasteiger partial charge in [0.05, 0.1) is 22.0 Å². The first-order valence-electron chi connectivity index (χ1n) is 9.86. The van der Waals surface area contributed by atoms with Crippen LogP contribution in [0.5, 0.6) is 5.75 Å². The standard InChI is InChI=1S/C23H21ClF3NO4/c1-4-11(2)19(22(31)32)20-12(3)28(17-10-16(24)18(29)9-15(17)20)21(30)13-5-7-14(8-6-13)23(25,26)27/h5-11,19,29H,4H2,1-3H3,(H,31,32)/t11?,19-/m1/s1. The molecule has 3 rings (SSSR count). The third-order valence-electron chi connectivity index (χ3n) is 5.77. The topological polar surface area (TPSA) is 79.5 Å². The number of halogens is 4. The molecule has 0 fully saturated rings. The minimum Gasteiger partial charge on any atom is -0.506 e. The Morgan fingerprint density at radius 1 is 1.16 bits per heavy atom. The molecule has 2 atom stereocenters. The van der Waals surface area contributed by atoms with E-state index in [1.807, 2.05) is 6.92 Å². The van der Waals surface area contributed by atoms with Crippen LogP contribution in [0.2, 0.25) is 5.02 Å². The Morgan fingerprint density at radius 3 is 2.25 bits per heavy atom. The number of nitrogens with zero attached hydrogens (tertiary/aromatic N) is 1. The van der Waals surface area contributed by atoms with E-state index in [-0.39, 0.29) is 27.8 Å². The van der Waals surface area contributed by atoms with Crippen molar-refractivity contribution >= 4 is 34.4 Å². The van der Waals surface area contributed by atoms with Crippen LogP contribution in [-0.4, -0.2) is 26.7 Å². The van der Waals surface area contributed by atoms with Crippen molar-refractivity contribution < 1.29 is 33.0 Å². The van der Waals surface area contributed by atoms with Gasteiger partial charge in [0.1, 0.15) is 5.75 Å². The number of rotatable bonds is 5. The number of alkyl halides is 3. The monoisotopic (exact) mass is 467 g/mol. The highest BCUT2D eigenvalue weighted by molar-refractivity contribution is 6.33. The number of phenolic OH excluding ortho intramolecular Hbond substituents is 1. The first kappa shape index (κ1) is 23.7. The lowest BCUT2D eigenvalue weighted by Gasteiger charge is -2.20. The molecule has 0 aliphatic carbocycles. The molecule has 0 bridgehead atoms. The van der Waals surface area contributed by atoms with Gasteiger partial charge >= 0.3 is 12.1 Å². The van der Waals surface area contributed by atoms with Gasteiger partial charge in [-0.25, -0.2) is 0 Å². The Bertz CT molecular complexity index is 1200. The van der Waals surface area contributed by atoms with E-state index >= 15 is 0 Å². The van der Waals surface area contributed by atoms with Gasteiger partial charge in [-0.15, -0.1) is 0 Å². The first-order chi connectivity index (χ1) is 14.9. The summed E-state index contributed by atoms with van der Waals surface area (Å²) in [6, 6.07) is 6.43. The number of carbonyl (C=O) groups is 2. The molecular weight excluding hydrogens is 447 g/mol. The fourth-order valence-corrected chi connectivity index (χ4v) is 4.08. The molecule has 1 aromatic heterocycles. The molecule has 3 aromatic rings. The SMILES string of the molecule is CCC(C)[C@@H](C(=O)O)c1c(C)n(C(=O)c2ccc(C(F)(F)F)cc2)c2cc(Cl)c(O)cc12. The van der Waals surface area contributed by atoms with Gasteiger partial charge in [-0.3, -0.25) is 14.2 Å². The second-order valence-electron chi connectivity index (χ2n) is 7.74. The van der Waals surface area contributed by atoms with E-state index < -0.39 is 29.5 Å². The zero-order chi connectivity index (χ0) is 24.0. The van der Waals surface area contributed by atoms with Crippen molar-refractivity contribution in [3.8, 4) is 5.75 Å². The molecular formula is C23H21ClF3NO4. The average molecular weight is 468 g/mol. The summed E-state index contributed by atoms with van der Waals surface area (Å²) >= 11 is 6.06. The summed E-state index contributed by atoms with van der Waals surface area (Å²) in [5.41, 5.74) is 0.0387. The van der Waals surface area contributed by atoms with Crippen molar-refractivity contribution in [2.75, 3.05) is 0 Å². The lowest BCUT2D eigenvalue weighted by atomic mass is 9.84. The van der Waals surface area contributed by atoms with Crippen LogP contribution < -0.4 is 0 Å². The zero-order valence-electron chi connectivity index (χ0n) is 17.5. The average Bonchev–Trinajstić information content (AvgIpc) is 2.98. The highest BCUT2D eigenvalue weighted by Crippen LogP contribution is 2.41. The number of benzene rings is 2. The lowest BCUT2D eigenvalue weighted by molar-refractivity contribution is -0.140. The largest absolute Gasteiger partial charge is 0.506 e. The molecule has 0 radical (unpaired) electrons. The van der Waals surface area contributed by atoms with Gasteiger partial charge in [0.15, 0.2) is 0 Å². The third-order valence-corrected chi connectivity index (χ3v) is 6.08. The fourth-order valence-electron chi connectivity index (χ4n) is 3.92. The van der Waals surface area contributed by atoms with Crippen LogP contribution in [0.25, 0.3) is 10.9 Å². The molecule has 0 saturated carbocycles. The summed E-state index contributed by atoms with van der Waals surface area (Å²) in [4.78, 5) is 25.5. The van der Waals surface area contributed by atoms with Gasteiger partial charge in [0, 0.05) is 16.6 Å². The number of aromatic nitrogens is 1. The summed E-state index contributed by atoms with van der Waals surface area (Å²) in [5, 5.41) is 20.4. The van der Waals surface area contributed by atoms with Crippen LogP contribution in [0.15, 0.2) is 36.4 Å².